The molecule has 0 aliphatic carbocycles. The van der Waals surface area contributed by atoms with Gasteiger partial charge in [-0.2, -0.15) is 0 Å². The SMILES string of the molecule is Cc1cnc(C)c(N2CCC[C@H](CNC(=O)c3ccccc3)C2)n1. The van der Waals surface area contributed by atoms with Gasteiger partial charge in [0.2, 0.25) is 0 Å². The van der Waals surface area contributed by atoms with Crippen LogP contribution >= 0.6 is 0 Å². The van der Waals surface area contributed by atoms with E-state index in [0.29, 0.717) is 18.0 Å². The molecule has 0 radical (unpaired) electrons. The maximum atomic E-state index is 12.2. The van der Waals surface area contributed by atoms with Gasteiger partial charge in [0.05, 0.1) is 11.4 Å². The molecule has 1 aliphatic heterocycles. The molecule has 1 N–H and O–H groups in total. The second kappa shape index (κ2) is 7.43. The van der Waals surface area contributed by atoms with Crippen molar-refractivity contribution in [1.29, 1.82) is 0 Å². The first-order chi connectivity index (χ1) is 11.6. The fourth-order valence-electron chi connectivity index (χ4n) is 3.18. The molecule has 1 aromatic heterocycles. The Labute approximate surface area is 143 Å². The Morgan fingerprint density at radius 1 is 1.29 bits per heavy atom. The number of carbonyl (C=O) groups is 1. The number of rotatable bonds is 4. The van der Waals surface area contributed by atoms with E-state index in [-0.39, 0.29) is 5.91 Å². The van der Waals surface area contributed by atoms with Crippen LogP contribution in [0.15, 0.2) is 36.5 Å². The maximum absolute atomic E-state index is 12.2. The van der Waals surface area contributed by atoms with Crippen LogP contribution in [-0.4, -0.2) is 35.5 Å². The highest BCUT2D eigenvalue weighted by Crippen LogP contribution is 2.23. The average molecular weight is 324 g/mol. The fourth-order valence-corrected chi connectivity index (χ4v) is 3.18. The second-order valence-corrected chi connectivity index (χ2v) is 6.45. The van der Waals surface area contributed by atoms with Crippen molar-refractivity contribution in [2.45, 2.75) is 26.7 Å². The van der Waals surface area contributed by atoms with Gasteiger partial charge < -0.3 is 10.2 Å². The molecule has 2 aromatic rings. The summed E-state index contributed by atoms with van der Waals surface area (Å²) in [5.41, 5.74) is 2.62. The quantitative estimate of drug-likeness (QED) is 0.939. The van der Waals surface area contributed by atoms with Crippen molar-refractivity contribution in [3.63, 3.8) is 0 Å². The molecule has 0 saturated carbocycles. The zero-order chi connectivity index (χ0) is 16.9. The number of hydrogen-bond donors (Lipinski definition) is 1. The van der Waals surface area contributed by atoms with E-state index in [1.54, 1.807) is 6.20 Å². The molecule has 3 rings (SSSR count). The lowest BCUT2D eigenvalue weighted by Crippen LogP contribution is -2.41. The van der Waals surface area contributed by atoms with E-state index in [1.807, 2.05) is 44.2 Å². The Morgan fingerprint density at radius 3 is 2.88 bits per heavy atom. The highest BCUT2D eigenvalue weighted by Gasteiger charge is 2.23. The lowest BCUT2D eigenvalue weighted by Gasteiger charge is -2.34. The van der Waals surface area contributed by atoms with Crippen molar-refractivity contribution in [2.24, 2.45) is 5.92 Å². The van der Waals surface area contributed by atoms with E-state index in [9.17, 15) is 4.79 Å². The molecule has 1 atom stereocenters. The summed E-state index contributed by atoms with van der Waals surface area (Å²) in [5, 5.41) is 3.07. The van der Waals surface area contributed by atoms with Crippen LogP contribution in [0.2, 0.25) is 0 Å². The summed E-state index contributed by atoms with van der Waals surface area (Å²) in [7, 11) is 0. The number of amides is 1. The monoisotopic (exact) mass is 324 g/mol. The molecular weight excluding hydrogens is 300 g/mol. The van der Waals surface area contributed by atoms with E-state index in [0.717, 1.165) is 43.1 Å². The van der Waals surface area contributed by atoms with Gasteiger partial charge in [-0.05, 0) is 44.7 Å². The number of hydrogen-bond acceptors (Lipinski definition) is 4. The standard InChI is InChI=1S/C19H24N4O/c1-14-11-20-15(2)18(22-14)23-10-6-7-16(13-23)12-21-19(24)17-8-4-3-5-9-17/h3-5,8-9,11,16H,6-7,10,12-13H2,1-2H3,(H,21,24)/t16-/m1/s1. The molecule has 0 bridgehead atoms. The van der Waals surface area contributed by atoms with Crippen molar-refractivity contribution < 1.29 is 4.79 Å². The Morgan fingerprint density at radius 2 is 2.08 bits per heavy atom. The summed E-state index contributed by atoms with van der Waals surface area (Å²) < 4.78 is 0. The Bertz CT molecular complexity index is 702. The lowest BCUT2D eigenvalue weighted by molar-refractivity contribution is 0.0945. The number of anilines is 1. The van der Waals surface area contributed by atoms with Gasteiger partial charge in [0.1, 0.15) is 5.82 Å². The van der Waals surface area contributed by atoms with Crippen LogP contribution in [0, 0.1) is 19.8 Å². The maximum Gasteiger partial charge on any atom is 0.251 e. The molecule has 0 unspecified atom stereocenters. The van der Waals surface area contributed by atoms with E-state index in [1.165, 1.54) is 0 Å². The van der Waals surface area contributed by atoms with Crippen LogP contribution in [0.3, 0.4) is 0 Å². The van der Waals surface area contributed by atoms with Crippen LogP contribution in [0.5, 0.6) is 0 Å². The third-order valence-electron chi connectivity index (χ3n) is 4.46. The van der Waals surface area contributed by atoms with Crippen LogP contribution in [-0.2, 0) is 0 Å². The predicted molar refractivity (Wildman–Crippen MR) is 95.2 cm³/mol. The zero-order valence-corrected chi connectivity index (χ0v) is 14.3. The summed E-state index contributed by atoms with van der Waals surface area (Å²) in [5.74, 6) is 1.42. The number of carbonyl (C=O) groups excluding carboxylic acids is 1. The summed E-state index contributed by atoms with van der Waals surface area (Å²) in [6.07, 6.45) is 4.05. The summed E-state index contributed by atoms with van der Waals surface area (Å²) in [6, 6.07) is 9.37. The first-order valence-electron chi connectivity index (χ1n) is 8.52. The minimum Gasteiger partial charge on any atom is -0.355 e. The van der Waals surface area contributed by atoms with Gasteiger partial charge in [0, 0.05) is 31.4 Å². The first kappa shape index (κ1) is 16.4. The Hall–Kier alpha value is -2.43. The van der Waals surface area contributed by atoms with E-state index >= 15 is 0 Å². The highest BCUT2D eigenvalue weighted by molar-refractivity contribution is 5.94. The first-order valence-corrected chi connectivity index (χ1v) is 8.52. The smallest absolute Gasteiger partial charge is 0.251 e. The van der Waals surface area contributed by atoms with Crippen LogP contribution in [0.25, 0.3) is 0 Å². The number of nitrogens with one attached hydrogen (secondary N) is 1. The Kier molecular flexibility index (Phi) is 5.08. The molecule has 5 nitrogen and oxygen atoms in total. The van der Waals surface area contributed by atoms with Gasteiger partial charge in [0.15, 0.2) is 0 Å². The van der Waals surface area contributed by atoms with Gasteiger partial charge in [-0.25, -0.2) is 4.98 Å². The van der Waals surface area contributed by atoms with Crippen molar-refractivity contribution in [3.8, 4) is 0 Å². The third-order valence-corrected chi connectivity index (χ3v) is 4.46. The van der Waals surface area contributed by atoms with Crippen LogP contribution < -0.4 is 10.2 Å². The number of aryl methyl sites for hydroxylation is 2. The number of nitrogens with zero attached hydrogens (tertiary/aromatic N) is 3. The number of benzene rings is 1. The van der Waals surface area contributed by atoms with Crippen LogP contribution in [0.4, 0.5) is 5.82 Å². The predicted octanol–water partition coefficient (Wildman–Crippen LogP) is 2.74. The van der Waals surface area contributed by atoms with Gasteiger partial charge >= 0.3 is 0 Å². The van der Waals surface area contributed by atoms with Gasteiger partial charge in [-0.15, -0.1) is 0 Å². The normalized spacial score (nSPS) is 17.6. The van der Waals surface area contributed by atoms with E-state index in [2.05, 4.69) is 20.2 Å². The molecule has 1 saturated heterocycles. The summed E-state index contributed by atoms with van der Waals surface area (Å²) in [6.45, 7) is 6.58. The van der Waals surface area contributed by atoms with Gasteiger partial charge in [0.25, 0.3) is 5.91 Å². The lowest BCUT2D eigenvalue weighted by atomic mass is 9.97. The van der Waals surface area contributed by atoms with Gasteiger partial charge in [-0.1, -0.05) is 18.2 Å². The number of aromatic nitrogens is 2. The summed E-state index contributed by atoms with van der Waals surface area (Å²) >= 11 is 0. The van der Waals surface area contributed by atoms with Crippen molar-refractivity contribution in [2.75, 3.05) is 24.5 Å². The van der Waals surface area contributed by atoms with E-state index < -0.39 is 0 Å². The minimum atomic E-state index is -0.000693. The van der Waals surface area contributed by atoms with Crippen molar-refractivity contribution in [1.82, 2.24) is 15.3 Å². The zero-order valence-electron chi connectivity index (χ0n) is 14.3. The summed E-state index contributed by atoms with van der Waals surface area (Å²) in [4.78, 5) is 23.6. The largest absolute Gasteiger partial charge is 0.355 e. The average Bonchev–Trinajstić information content (AvgIpc) is 2.62. The Balaban J connectivity index is 1.60. The van der Waals surface area contributed by atoms with Gasteiger partial charge in [-0.3, -0.25) is 9.78 Å². The molecular formula is C19H24N4O. The third kappa shape index (κ3) is 3.91. The second-order valence-electron chi connectivity index (χ2n) is 6.45. The van der Waals surface area contributed by atoms with Crippen LogP contribution in [0.1, 0.15) is 34.6 Å². The molecule has 1 amide bonds. The fraction of sp³-hybridized carbons (Fsp3) is 0.421. The topological polar surface area (TPSA) is 58.1 Å². The number of piperidine rings is 1. The van der Waals surface area contributed by atoms with Crippen molar-refractivity contribution in [3.05, 3.63) is 53.5 Å². The molecule has 24 heavy (non-hydrogen) atoms. The van der Waals surface area contributed by atoms with E-state index in [4.69, 9.17) is 0 Å². The molecule has 2 heterocycles. The minimum absolute atomic E-state index is 0.000693. The highest BCUT2D eigenvalue weighted by atomic mass is 16.1. The molecule has 1 aliphatic rings. The van der Waals surface area contributed by atoms with Crippen molar-refractivity contribution >= 4 is 11.7 Å². The molecule has 1 fully saturated rings. The molecule has 0 spiro atoms. The molecule has 126 valence electrons. The molecule has 1 aromatic carbocycles. The molecule has 5 heteroatoms.